The number of nitrogens with zero attached hydrogens (tertiary/aromatic N) is 2. The van der Waals surface area contributed by atoms with E-state index in [0.29, 0.717) is 28.7 Å². The van der Waals surface area contributed by atoms with Crippen LogP contribution in [0.2, 0.25) is 0 Å². The van der Waals surface area contributed by atoms with Crippen LogP contribution in [-0.4, -0.2) is 22.4 Å². The predicted octanol–water partition coefficient (Wildman–Crippen LogP) is 3.78. The number of benzene rings is 2. The van der Waals surface area contributed by atoms with Crippen LogP contribution in [-0.2, 0) is 0 Å². The molecule has 6 nitrogen and oxygen atoms in total. The number of nitrogens with one attached hydrogen (secondary N) is 2. The number of halogens is 1. The van der Waals surface area contributed by atoms with Crippen molar-refractivity contribution in [3.05, 3.63) is 69.7 Å². The zero-order valence-electron chi connectivity index (χ0n) is 12.8. The highest BCUT2D eigenvalue weighted by molar-refractivity contribution is 9.10. The fourth-order valence-electron chi connectivity index (χ4n) is 2.31. The molecule has 0 saturated heterocycles. The van der Waals surface area contributed by atoms with Crippen LogP contribution >= 0.6 is 15.9 Å². The molecule has 0 saturated carbocycles. The van der Waals surface area contributed by atoms with Crippen LogP contribution in [0.25, 0.3) is 11.3 Å². The Morgan fingerprint density at radius 3 is 2.68 bits per heavy atom. The number of hydrogen-bond acceptors (Lipinski definition) is 4. The summed E-state index contributed by atoms with van der Waals surface area (Å²) in [6, 6.07) is 15.6. The monoisotopic (exact) mass is 394 g/mol. The molecule has 0 spiro atoms. The first-order valence-electron chi connectivity index (χ1n) is 7.23. The lowest BCUT2D eigenvalue weighted by Crippen LogP contribution is -2.13. The van der Waals surface area contributed by atoms with E-state index >= 15 is 0 Å². The number of carbonyl (C=O) groups excluding carboxylic acids is 2. The van der Waals surface area contributed by atoms with Gasteiger partial charge in [0.2, 0.25) is 0 Å². The third kappa shape index (κ3) is 3.49. The first kappa shape index (κ1) is 16.6. The van der Waals surface area contributed by atoms with Crippen molar-refractivity contribution in [1.29, 1.82) is 5.26 Å². The number of aldehydes is 1. The molecule has 0 aliphatic rings. The average Bonchev–Trinajstić information content (AvgIpc) is 3.04. The molecule has 0 atom stereocenters. The first-order chi connectivity index (χ1) is 12.1. The van der Waals surface area contributed by atoms with Crippen molar-refractivity contribution >= 4 is 33.9 Å². The van der Waals surface area contributed by atoms with Crippen molar-refractivity contribution in [1.82, 2.24) is 10.2 Å². The maximum Gasteiger partial charge on any atom is 0.256 e. The molecule has 1 amide bonds. The Morgan fingerprint density at radius 2 is 2.00 bits per heavy atom. The molecule has 3 aromatic rings. The van der Waals surface area contributed by atoms with Gasteiger partial charge in [0.05, 0.1) is 22.9 Å². The van der Waals surface area contributed by atoms with Gasteiger partial charge in [-0.2, -0.15) is 10.4 Å². The Morgan fingerprint density at radius 1 is 1.24 bits per heavy atom. The SMILES string of the molecule is N#Cc1cccc(-c2[nH]nc(NC(=O)c3ccc(Br)cc3)c2C=O)c1. The van der Waals surface area contributed by atoms with Gasteiger partial charge in [-0.05, 0) is 36.4 Å². The lowest BCUT2D eigenvalue weighted by Gasteiger charge is -2.04. The lowest BCUT2D eigenvalue weighted by atomic mass is 10.1. The van der Waals surface area contributed by atoms with Crippen LogP contribution in [0, 0.1) is 11.3 Å². The van der Waals surface area contributed by atoms with Gasteiger partial charge in [-0.25, -0.2) is 0 Å². The Labute approximate surface area is 151 Å². The number of anilines is 1. The fourth-order valence-corrected chi connectivity index (χ4v) is 2.57. The van der Waals surface area contributed by atoms with Crippen LogP contribution in [0.5, 0.6) is 0 Å². The number of nitriles is 1. The molecule has 7 heteroatoms. The minimum atomic E-state index is -0.376. The molecule has 0 bridgehead atoms. The van der Waals surface area contributed by atoms with E-state index in [0.717, 1.165) is 4.47 Å². The maximum atomic E-state index is 12.3. The normalized spacial score (nSPS) is 10.1. The zero-order chi connectivity index (χ0) is 17.8. The fraction of sp³-hybridized carbons (Fsp3) is 0. The molecule has 0 aliphatic heterocycles. The molecule has 0 unspecified atom stereocenters. The number of aromatic nitrogens is 2. The molecule has 122 valence electrons. The zero-order valence-corrected chi connectivity index (χ0v) is 14.4. The molecular formula is C18H11BrN4O2. The van der Waals surface area contributed by atoms with E-state index in [1.54, 1.807) is 48.5 Å². The second-order valence-corrected chi connectivity index (χ2v) is 6.05. The van der Waals surface area contributed by atoms with Gasteiger partial charge in [-0.3, -0.25) is 14.7 Å². The molecule has 1 heterocycles. The smallest absolute Gasteiger partial charge is 0.256 e. The van der Waals surface area contributed by atoms with Crippen LogP contribution in [0.15, 0.2) is 53.0 Å². The summed E-state index contributed by atoms with van der Waals surface area (Å²) in [5, 5.41) is 18.4. The highest BCUT2D eigenvalue weighted by Gasteiger charge is 2.17. The Bertz CT molecular complexity index is 987. The van der Waals surface area contributed by atoms with Gasteiger partial charge in [-0.1, -0.05) is 28.1 Å². The molecule has 0 aliphatic carbocycles. The minimum Gasteiger partial charge on any atom is -0.304 e. The van der Waals surface area contributed by atoms with E-state index in [2.05, 4.69) is 31.4 Å². The van der Waals surface area contributed by atoms with Gasteiger partial charge >= 0.3 is 0 Å². The summed E-state index contributed by atoms with van der Waals surface area (Å²) >= 11 is 3.31. The van der Waals surface area contributed by atoms with Crippen molar-refractivity contribution in [3.8, 4) is 17.3 Å². The van der Waals surface area contributed by atoms with Gasteiger partial charge in [0.15, 0.2) is 12.1 Å². The number of H-pyrrole nitrogens is 1. The van der Waals surface area contributed by atoms with Crippen molar-refractivity contribution < 1.29 is 9.59 Å². The van der Waals surface area contributed by atoms with Crippen molar-refractivity contribution in [2.75, 3.05) is 5.32 Å². The third-order valence-corrected chi connectivity index (χ3v) is 4.07. The van der Waals surface area contributed by atoms with E-state index in [9.17, 15) is 9.59 Å². The number of amides is 1. The van der Waals surface area contributed by atoms with Crippen LogP contribution in [0.4, 0.5) is 5.82 Å². The van der Waals surface area contributed by atoms with Crippen LogP contribution < -0.4 is 5.32 Å². The molecule has 0 fully saturated rings. The van der Waals surface area contributed by atoms with E-state index in [-0.39, 0.29) is 17.3 Å². The highest BCUT2D eigenvalue weighted by atomic mass is 79.9. The van der Waals surface area contributed by atoms with Crippen molar-refractivity contribution in [2.45, 2.75) is 0 Å². The van der Waals surface area contributed by atoms with E-state index in [1.807, 2.05) is 6.07 Å². The van der Waals surface area contributed by atoms with Crippen molar-refractivity contribution in [2.24, 2.45) is 0 Å². The van der Waals surface area contributed by atoms with Crippen LogP contribution in [0.1, 0.15) is 26.3 Å². The maximum absolute atomic E-state index is 12.3. The topological polar surface area (TPSA) is 98.6 Å². The minimum absolute atomic E-state index is 0.139. The standard InChI is InChI=1S/C18H11BrN4O2/c19-14-6-4-12(5-7-14)18(25)21-17-15(10-24)16(22-23-17)13-3-1-2-11(8-13)9-20/h1-8,10H,(H2,21,22,23,25). The van der Waals surface area contributed by atoms with E-state index in [4.69, 9.17) is 5.26 Å². The van der Waals surface area contributed by atoms with Gasteiger partial charge < -0.3 is 5.32 Å². The Hall–Kier alpha value is -3.24. The summed E-state index contributed by atoms with van der Waals surface area (Å²) in [7, 11) is 0. The van der Waals surface area contributed by atoms with Crippen LogP contribution in [0.3, 0.4) is 0 Å². The lowest BCUT2D eigenvalue weighted by molar-refractivity contribution is 0.102. The third-order valence-electron chi connectivity index (χ3n) is 3.54. The molecular weight excluding hydrogens is 384 g/mol. The Kier molecular flexibility index (Phi) is 4.73. The largest absolute Gasteiger partial charge is 0.304 e. The van der Waals surface area contributed by atoms with E-state index in [1.165, 1.54) is 0 Å². The number of carbonyl (C=O) groups is 2. The number of aromatic amines is 1. The van der Waals surface area contributed by atoms with Gasteiger partial charge in [0.25, 0.3) is 5.91 Å². The summed E-state index contributed by atoms with van der Waals surface area (Å²) in [5.41, 5.74) is 2.21. The molecule has 25 heavy (non-hydrogen) atoms. The quantitative estimate of drug-likeness (QED) is 0.657. The summed E-state index contributed by atoms with van der Waals surface area (Å²) in [5.74, 6) is -0.236. The summed E-state index contributed by atoms with van der Waals surface area (Å²) < 4.78 is 0.858. The predicted molar refractivity (Wildman–Crippen MR) is 96.2 cm³/mol. The second kappa shape index (κ2) is 7.11. The molecule has 1 aromatic heterocycles. The molecule has 2 aromatic carbocycles. The van der Waals surface area contributed by atoms with Crippen molar-refractivity contribution in [3.63, 3.8) is 0 Å². The van der Waals surface area contributed by atoms with Gasteiger partial charge in [0, 0.05) is 15.6 Å². The summed E-state index contributed by atoms with van der Waals surface area (Å²) in [6.45, 7) is 0. The molecule has 0 radical (unpaired) electrons. The van der Waals surface area contributed by atoms with E-state index < -0.39 is 0 Å². The molecule has 2 N–H and O–H groups in total. The second-order valence-electron chi connectivity index (χ2n) is 5.13. The van der Waals surface area contributed by atoms with Gasteiger partial charge in [0.1, 0.15) is 0 Å². The Balaban J connectivity index is 1.92. The highest BCUT2D eigenvalue weighted by Crippen LogP contribution is 2.26. The first-order valence-corrected chi connectivity index (χ1v) is 8.02. The number of hydrogen-bond donors (Lipinski definition) is 2. The van der Waals surface area contributed by atoms with Gasteiger partial charge in [-0.15, -0.1) is 0 Å². The molecule has 3 rings (SSSR count). The summed E-state index contributed by atoms with van der Waals surface area (Å²) in [4.78, 5) is 23.8. The summed E-state index contributed by atoms with van der Waals surface area (Å²) in [6.07, 6.45) is 0.620. The number of rotatable bonds is 4. The average molecular weight is 395 g/mol.